The Bertz CT molecular complexity index is 220. The first-order valence-electron chi connectivity index (χ1n) is 3.48. The van der Waals surface area contributed by atoms with E-state index in [1.807, 2.05) is 7.05 Å². The van der Waals surface area contributed by atoms with Crippen molar-refractivity contribution < 1.29 is 9.84 Å². The molecule has 1 heterocycles. The fourth-order valence-electron chi connectivity index (χ4n) is 0.690. The Hall–Kier alpha value is -1.03. The predicted octanol–water partition coefficient (Wildman–Crippen LogP) is 0.180. The average molecular weight is 156 g/mol. The van der Waals surface area contributed by atoms with Crippen LogP contribution in [0.3, 0.4) is 0 Å². The van der Waals surface area contributed by atoms with Crippen LogP contribution in [-0.4, -0.2) is 27.6 Å². The van der Waals surface area contributed by atoms with E-state index < -0.39 is 6.10 Å². The third kappa shape index (κ3) is 2.59. The molecule has 0 unspecified atom stereocenters. The zero-order valence-electron chi connectivity index (χ0n) is 6.69. The van der Waals surface area contributed by atoms with Gasteiger partial charge in [-0.15, -0.1) is 0 Å². The lowest BCUT2D eigenvalue weighted by Crippen LogP contribution is -2.12. The molecule has 1 atom stereocenters. The monoisotopic (exact) mass is 156 g/mol. The Morgan fingerprint density at radius 2 is 2.55 bits per heavy atom. The van der Waals surface area contributed by atoms with Crippen LogP contribution in [0.25, 0.3) is 0 Å². The first kappa shape index (κ1) is 8.07. The second-order valence-corrected chi connectivity index (χ2v) is 2.51. The highest BCUT2D eigenvalue weighted by molar-refractivity contribution is 5.11. The van der Waals surface area contributed by atoms with Gasteiger partial charge < -0.3 is 9.84 Å². The minimum Gasteiger partial charge on any atom is -0.488 e. The molecule has 0 aliphatic carbocycles. The fourth-order valence-corrected chi connectivity index (χ4v) is 0.690. The zero-order chi connectivity index (χ0) is 8.27. The summed E-state index contributed by atoms with van der Waals surface area (Å²) < 4.78 is 6.81. The van der Waals surface area contributed by atoms with Crippen LogP contribution in [0.15, 0.2) is 12.4 Å². The minimum absolute atomic E-state index is 0.311. The van der Waals surface area contributed by atoms with Crippen molar-refractivity contribution in [2.75, 3.05) is 6.61 Å². The van der Waals surface area contributed by atoms with Gasteiger partial charge in [0.1, 0.15) is 6.61 Å². The van der Waals surface area contributed by atoms with Gasteiger partial charge in [-0.05, 0) is 6.92 Å². The number of hydrogen-bond donors (Lipinski definition) is 1. The smallest absolute Gasteiger partial charge is 0.157 e. The molecule has 0 radical (unpaired) electrons. The van der Waals surface area contributed by atoms with E-state index in [1.54, 1.807) is 24.0 Å². The van der Waals surface area contributed by atoms with E-state index >= 15 is 0 Å². The van der Waals surface area contributed by atoms with Crippen molar-refractivity contribution in [1.29, 1.82) is 0 Å². The summed E-state index contributed by atoms with van der Waals surface area (Å²) in [4.78, 5) is 0. The number of ether oxygens (including phenoxy) is 1. The predicted molar refractivity (Wildman–Crippen MR) is 40.4 cm³/mol. The van der Waals surface area contributed by atoms with Gasteiger partial charge in [-0.2, -0.15) is 5.10 Å². The number of aryl methyl sites for hydroxylation is 1. The van der Waals surface area contributed by atoms with E-state index in [9.17, 15) is 0 Å². The Balaban J connectivity index is 2.39. The largest absolute Gasteiger partial charge is 0.488 e. The first-order chi connectivity index (χ1) is 5.18. The van der Waals surface area contributed by atoms with Crippen LogP contribution in [0.5, 0.6) is 5.75 Å². The molecule has 0 spiro atoms. The highest BCUT2D eigenvalue weighted by Crippen LogP contribution is 2.06. The van der Waals surface area contributed by atoms with Gasteiger partial charge in [0.05, 0.1) is 18.5 Å². The van der Waals surface area contributed by atoms with E-state index in [4.69, 9.17) is 9.84 Å². The second kappa shape index (κ2) is 3.39. The molecule has 0 bridgehead atoms. The molecule has 0 fully saturated rings. The van der Waals surface area contributed by atoms with Crippen LogP contribution >= 0.6 is 0 Å². The van der Waals surface area contributed by atoms with Crippen LogP contribution in [0.4, 0.5) is 0 Å². The van der Waals surface area contributed by atoms with Crippen LogP contribution < -0.4 is 4.74 Å². The molecule has 62 valence electrons. The van der Waals surface area contributed by atoms with Crippen molar-refractivity contribution in [2.45, 2.75) is 13.0 Å². The summed E-state index contributed by atoms with van der Waals surface area (Å²) in [6, 6.07) is 0. The van der Waals surface area contributed by atoms with Gasteiger partial charge in [-0.25, -0.2) is 0 Å². The topological polar surface area (TPSA) is 47.3 Å². The summed E-state index contributed by atoms with van der Waals surface area (Å²) in [7, 11) is 1.81. The van der Waals surface area contributed by atoms with Crippen LogP contribution in [-0.2, 0) is 7.05 Å². The van der Waals surface area contributed by atoms with Crippen molar-refractivity contribution >= 4 is 0 Å². The maximum Gasteiger partial charge on any atom is 0.157 e. The Morgan fingerprint density at radius 1 is 1.82 bits per heavy atom. The van der Waals surface area contributed by atoms with Crippen LogP contribution in [0, 0.1) is 0 Å². The number of nitrogens with zero attached hydrogens (tertiary/aromatic N) is 2. The number of aliphatic hydroxyl groups excluding tert-OH is 1. The van der Waals surface area contributed by atoms with Gasteiger partial charge in [0.25, 0.3) is 0 Å². The van der Waals surface area contributed by atoms with Crippen molar-refractivity contribution in [2.24, 2.45) is 7.05 Å². The van der Waals surface area contributed by atoms with E-state index in [-0.39, 0.29) is 0 Å². The van der Waals surface area contributed by atoms with E-state index in [0.717, 1.165) is 0 Å². The molecule has 0 aliphatic rings. The zero-order valence-corrected chi connectivity index (χ0v) is 6.69. The highest BCUT2D eigenvalue weighted by Gasteiger charge is 1.98. The summed E-state index contributed by atoms with van der Waals surface area (Å²) in [5.41, 5.74) is 0. The number of rotatable bonds is 3. The van der Waals surface area contributed by atoms with Crippen LogP contribution in [0.2, 0.25) is 0 Å². The van der Waals surface area contributed by atoms with Gasteiger partial charge in [-0.1, -0.05) is 0 Å². The van der Waals surface area contributed by atoms with E-state index in [0.29, 0.717) is 12.4 Å². The average Bonchev–Trinajstić information content (AvgIpc) is 2.31. The summed E-state index contributed by atoms with van der Waals surface area (Å²) in [6.07, 6.45) is 2.93. The lowest BCUT2D eigenvalue weighted by atomic mass is 10.4. The molecule has 0 saturated carbocycles. The fraction of sp³-hybridized carbons (Fsp3) is 0.571. The molecule has 1 aromatic rings. The SMILES string of the molecule is C[C@H](O)COc1cnn(C)c1. The summed E-state index contributed by atoms with van der Waals surface area (Å²) in [5.74, 6) is 0.688. The number of hydrogen-bond acceptors (Lipinski definition) is 3. The Morgan fingerprint density at radius 3 is 3.00 bits per heavy atom. The van der Waals surface area contributed by atoms with Gasteiger partial charge in [0, 0.05) is 7.05 Å². The molecule has 1 N–H and O–H groups in total. The van der Waals surface area contributed by atoms with E-state index in [2.05, 4.69) is 5.10 Å². The van der Waals surface area contributed by atoms with Crippen molar-refractivity contribution in [3.8, 4) is 5.75 Å². The quantitative estimate of drug-likeness (QED) is 0.679. The third-order valence-corrected chi connectivity index (χ3v) is 1.17. The molecule has 0 saturated heterocycles. The Kier molecular flexibility index (Phi) is 2.48. The molecule has 0 aliphatic heterocycles. The van der Waals surface area contributed by atoms with Crippen molar-refractivity contribution in [3.05, 3.63) is 12.4 Å². The first-order valence-corrected chi connectivity index (χ1v) is 3.48. The molecule has 4 nitrogen and oxygen atoms in total. The highest BCUT2D eigenvalue weighted by atomic mass is 16.5. The third-order valence-electron chi connectivity index (χ3n) is 1.17. The molecular formula is C7H12N2O2. The summed E-state index contributed by atoms with van der Waals surface area (Å²) in [5, 5.41) is 12.8. The molecule has 4 heteroatoms. The molecular weight excluding hydrogens is 144 g/mol. The molecule has 0 amide bonds. The number of aliphatic hydroxyl groups is 1. The standard InChI is InChI=1S/C7H12N2O2/c1-6(10)5-11-7-3-8-9(2)4-7/h3-4,6,10H,5H2,1-2H3/t6-/m0/s1. The molecule has 1 aromatic heterocycles. The van der Waals surface area contributed by atoms with Gasteiger partial charge in [0.15, 0.2) is 5.75 Å². The normalized spacial score (nSPS) is 13.0. The van der Waals surface area contributed by atoms with Gasteiger partial charge in [-0.3, -0.25) is 4.68 Å². The summed E-state index contributed by atoms with van der Waals surface area (Å²) >= 11 is 0. The Labute approximate surface area is 65.4 Å². The van der Waals surface area contributed by atoms with Crippen molar-refractivity contribution in [3.63, 3.8) is 0 Å². The minimum atomic E-state index is -0.435. The van der Waals surface area contributed by atoms with E-state index in [1.165, 1.54) is 0 Å². The number of aromatic nitrogens is 2. The molecule has 1 rings (SSSR count). The maximum absolute atomic E-state index is 8.87. The van der Waals surface area contributed by atoms with Gasteiger partial charge >= 0.3 is 0 Å². The van der Waals surface area contributed by atoms with Crippen LogP contribution in [0.1, 0.15) is 6.92 Å². The lowest BCUT2D eigenvalue weighted by Gasteiger charge is -2.03. The molecule has 0 aromatic carbocycles. The van der Waals surface area contributed by atoms with Crippen molar-refractivity contribution in [1.82, 2.24) is 9.78 Å². The maximum atomic E-state index is 8.87. The second-order valence-electron chi connectivity index (χ2n) is 2.51. The lowest BCUT2D eigenvalue weighted by molar-refractivity contribution is 0.122. The summed E-state index contributed by atoms with van der Waals surface area (Å²) in [6.45, 7) is 1.99. The molecule has 11 heavy (non-hydrogen) atoms. The van der Waals surface area contributed by atoms with Gasteiger partial charge in [0.2, 0.25) is 0 Å².